The molecule has 2 aromatic heterocycles. The number of aryl methyl sites for hydroxylation is 2. The minimum Gasteiger partial charge on any atom is -0.452 e. The Morgan fingerprint density at radius 3 is 2.95 bits per heavy atom. The molecule has 0 unspecified atom stereocenters. The van der Waals surface area contributed by atoms with Crippen molar-refractivity contribution in [3.05, 3.63) is 46.5 Å². The van der Waals surface area contributed by atoms with Gasteiger partial charge < -0.3 is 13.8 Å². The topological polar surface area (TPSA) is 87.2 Å². The molecule has 20 heavy (non-hydrogen) atoms. The summed E-state index contributed by atoms with van der Waals surface area (Å²) in [6.45, 7) is 3.61. The number of carbonyl (C=O) groups excluding carboxylic acids is 1. The zero-order valence-electron chi connectivity index (χ0n) is 11.3. The molecule has 0 N–H and O–H groups in total. The fourth-order valence-electron chi connectivity index (χ4n) is 1.64. The predicted molar refractivity (Wildman–Crippen MR) is 68.9 cm³/mol. The number of hydrogen-bond donors (Lipinski definition) is 0. The van der Waals surface area contributed by atoms with Crippen molar-refractivity contribution in [1.29, 1.82) is 0 Å². The number of nitrogens with zero attached hydrogens (tertiary/aromatic N) is 3. The van der Waals surface area contributed by atoms with Crippen LogP contribution in [0.5, 0.6) is 0 Å². The van der Waals surface area contributed by atoms with Crippen LogP contribution in [0.2, 0.25) is 0 Å². The first-order chi connectivity index (χ1) is 9.56. The van der Waals surface area contributed by atoms with Crippen LogP contribution in [0.3, 0.4) is 0 Å². The van der Waals surface area contributed by atoms with Crippen molar-refractivity contribution in [3.8, 4) is 0 Å². The Balaban J connectivity index is 1.87. The van der Waals surface area contributed by atoms with E-state index in [0.29, 0.717) is 5.82 Å². The lowest BCUT2D eigenvalue weighted by Crippen LogP contribution is -2.20. The molecule has 0 saturated heterocycles. The van der Waals surface area contributed by atoms with Gasteiger partial charge in [-0.2, -0.15) is 4.98 Å². The molecule has 0 aliphatic carbocycles. The van der Waals surface area contributed by atoms with E-state index in [0.717, 1.165) is 0 Å². The van der Waals surface area contributed by atoms with Gasteiger partial charge in [0, 0.05) is 18.8 Å². The van der Waals surface area contributed by atoms with Crippen molar-refractivity contribution >= 4 is 5.97 Å². The minimum atomic E-state index is -0.601. The quantitative estimate of drug-likeness (QED) is 0.764. The summed E-state index contributed by atoms with van der Waals surface area (Å²) in [4.78, 5) is 27.1. The van der Waals surface area contributed by atoms with Gasteiger partial charge in [-0.3, -0.25) is 9.59 Å². The van der Waals surface area contributed by atoms with Crippen LogP contribution in [-0.2, 0) is 16.1 Å². The fourth-order valence-corrected chi connectivity index (χ4v) is 1.64. The van der Waals surface area contributed by atoms with Gasteiger partial charge in [0.2, 0.25) is 0 Å². The molecule has 0 spiro atoms. The van der Waals surface area contributed by atoms with Gasteiger partial charge in [0.25, 0.3) is 11.4 Å². The second kappa shape index (κ2) is 6.14. The first-order valence-corrected chi connectivity index (χ1v) is 6.21. The average molecular weight is 277 g/mol. The maximum absolute atomic E-state index is 11.7. The second-order valence-corrected chi connectivity index (χ2v) is 4.29. The number of rotatable bonds is 5. The molecule has 0 aromatic carbocycles. The summed E-state index contributed by atoms with van der Waals surface area (Å²) in [6, 6.07) is 4.82. The Morgan fingerprint density at radius 2 is 2.30 bits per heavy atom. The van der Waals surface area contributed by atoms with Crippen LogP contribution in [0.25, 0.3) is 0 Å². The highest BCUT2D eigenvalue weighted by molar-refractivity contribution is 5.69. The summed E-state index contributed by atoms with van der Waals surface area (Å²) in [5, 5.41) is 3.63. The van der Waals surface area contributed by atoms with Gasteiger partial charge in [-0.1, -0.05) is 11.2 Å². The third kappa shape index (κ3) is 3.53. The lowest BCUT2D eigenvalue weighted by Gasteiger charge is -2.09. The summed E-state index contributed by atoms with van der Waals surface area (Å²) >= 11 is 0. The molecular weight excluding hydrogens is 262 g/mol. The standard InChI is InChI=1S/C13H15N3O4/c1-9(13-14-10(2)15-20-13)19-12(18)6-8-16-7-4-3-5-11(16)17/h3-5,7,9H,6,8H2,1-2H3/t9-/m0/s1. The first-order valence-electron chi connectivity index (χ1n) is 6.21. The van der Waals surface area contributed by atoms with Gasteiger partial charge in [0.05, 0.1) is 6.42 Å². The predicted octanol–water partition coefficient (Wildman–Crippen LogP) is 1.23. The van der Waals surface area contributed by atoms with Crippen LogP contribution in [-0.4, -0.2) is 20.7 Å². The third-order valence-electron chi connectivity index (χ3n) is 2.66. The van der Waals surface area contributed by atoms with Crippen molar-refractivity contribution in [2.75, 3.05) is 0 Å². The normalized spacial score (nSPS) is 12.1. The molecule has 2 heterocycles. The van der Waals surface area contributed by atoms with E-state index in [1.807, 2.05) is 0 Å². The Kier molecular flexibility index (Phi) is 4.29. The zero-order valence-corrected chi connectivity index (χ0v) is 11.3. The highest BCUT2D eigenvalue weighted by Gasteiger charge is 2.17. The third-order valence-corrected chi connectivity index (χ3v) is 2.66. The van der Waals surface area contributed by atoms with E-state index in [1.165, 1.54) is 10.6 Å². The van der Waals surface area contributed by atoms with Gasteiger partial charge in [0.15, 0.2) is 11.9 Å². The molecule has 0 bridgehead atoms. The van der Waals surface area contributed by atoms with E-state index >= 15 is 0 Å². The molecule has 0 amide bonds. The highest BCUT2D eigenvalue weighted by atomic mass is 16.6. The number of ether oxygens (including phenoxy) is 1. The molecule has 2 rings (SSSR count). The maximum atomic E-state index is 11.7. The molecule has 0 fully saturated rings. The van der Waals surface area contributed by atoms with Crippen LogP contribution < -0.4 is 5.56 Å². The summed E-state index contributed by atoms with van der Waals surface area (Å²) in [7, 11) is 0. The summed E-state index contributed by atoms with van der Waals surface area (Å²) in [6.07, 6.45) is 1.12. The summed E-state index contributed by atoms with van der Waals surface area (Å²) < 4.78 is 11.5. The van der Waals surface area contributed by atoms with Crippen molar-refractivity contribution < 1.29 is 14.1 Å². The van der Waals surface area contributed by atoms with E-state index in [9.17, 15) is 9.59 Å². The average Bonchev–Trinajstić information content (AvgIpc) is 2.84. The molecule has 7 heteroatoms. The highest BCUT2D eigenvalue weighted by Crippen LogP contribution is 2.14. The Morgan fingerprint density at radius 1 is 1.50 bits per heavy atom. The first kappa shape index (κ1) is 14.0. The van der Waals surface area contributed by atoms with Crippen LogP contribution in [0.15, 0.2) is 33.7 Å². The van der Waals surface area contributed by atoms with E-state index in [4.69, 9.17) is 9.26 Å². The van der Waals surface area contributed by atoms with Gasteiger partial charge >= 0.3 is 5.97 Å². The molecule has 106 valence electrons. The van der Waals surface area contributed by atoms with Gasteiger partial charge in [-0.15, -0.1) is 0 Å². The summed E-state index contributed by atoms with van der Waals surface area (Å²) in [5.41, 5.74) is -0.152. The van der Waals surface area contributed by atoms with Crippen LogP contribution in [0, 0.1) is 6.92 Å². The second-order valence-electron chi connectivity index (χ2n) is 4.29. The molecule has 0 aliphatic heterocycles. The Hall–Kier alpha value is -2.44. The van der Waals surface area contributed by atoms with Crippen LogP contribution in [0.1, 0.15) is 31.2 Å². The maximum Gasteiger partial charge on any atom is 0.308 e. The van der Waals surface area contributed by atoms with Gasteiger partial charge in [-0.05, 0) is 19.9 Å². The van der Waals surface area contributed by atoms with Gasteiger partial charge in [-0.25, -0.2) is 0 Å². The monoisotopic (exact) mass is 277 g/mol. The Bertz CT molecular complexity index is 647. The lowest BCUT2D eigenvalue weighted by atomic mass is 10.3. The van der Waals surface area contributed by atoms with Crippen molar-refractivity contribution in [2.24, 2.45) is 0 Å². The van der Waals surface area contributed by atoms with E-state index in [-0.39, 0.29) is 24.4 Å². The summed E-state index contributed by atoms with van der Waals surface area (Å²) in [5.74, 6) is 0.315. The molecule has 2 aromatic rings. The number of carbonyl (C=O) groups is 1. The molecule has 7 nitrogen and oxygen atoms in total. The molecule has 0 radical (unpaired) electrons. The lowest BCUT2D eigenvalue weighted by molar-refractivity contribution is -0.150. The van der Waals surface area contributed by atoms with Crippen molar-refractivity contribution in [2.45, 2.75) is 32.9 Å². The Labute approximate surface area is 115 Å². The van der Waals surface area contributed by atoms with Crippen molar-refractivity contribution in [3.63, 3.8) is 0 Å². The van der Waals surface area contributed by atoms with E-state index < -0.39 is 12.1 Å². The SMILES string of the molecule is Cc1noc([C@H](C)OC(=O)CCn2ccccc2=O)n1. The molecule has 1 atom stereocenters. The number of pyridine rings is 1. The smallest absolute Gasteiger partial charge is 0.308 e. The van der Waals surface area contributed by atoms with E-state index in [1.54, 1.807) is 32.2 Å². The molecule has 0 aliphatic rings. The number of esters is 1. The molecule has 0 saturated carbocycles. The van der Waals surface area contributed by atoms with Gasteiger partial charge in [0.1, 0.15) is 0 Å². The van der Waals surface area contributed by atoms with Crippen molar-refractivity contribution in [1.82, 2.24) is 14.7 Å². The van der Waals surface area contributed by atoms with Crippen LogP contribution in [0.4, 0.5) is 0 Å². The molecular formula is C13H15N3O4. The fraction of sp³-hybridized carbons (Fsp3) is 0.385. The van der Waals surface area contributed by atoms with Crippen LogP contribution >= 0.6 is 0 Å². The van der Waals surface area contributed by atoms with E-state index in [2.05, 4.69) is 10.1 Å². The minimum absolute atomic E-state index is 0.0986. The largest absolute Gasteiger partial charge is 0.452 e. The number of hydrogen-bond acceptors (Lipinski definition) is 6. The zero-order chi connectivity index (χ0) is 14.5. The number of aromatic nitrogens is 3.